The Bertz CT molecular complexity index is 1020. The summed E-state index contributed by atoms with van der Waals surface area (Å²) in [5.41, 5.74) is 3.03. The van der Waals surface area contributed by atoms with E-state index in [2.05, 4.69) is 4.98 Å². The summed E-state index contributed by atoms with van der Waals surface area (Å²) in [5, 5.41) is 0.841. The van der Waals surface area contributed by atoms with E-state index >= 15 is 0 Å². The molecule has 28 heavy (non-hydrogen) atoms. The van der Waals surface area contributed by atoms with Crippen LogP contribution in [0.15, 0.2) is 54.9 Å². The summed E-state index contributed by atoms with van der Waals surface area (Å²) in [6.45, 7) is 4.02. The lowest BCUT2D eigenvalue weighted by molar-refractivity contribution is -0.128. The Balaban J connectivity index is 1.73. The Kier molecular flexibility index (Phi) is 5.02. The van der Waals surface area contributed by atoms with Crippen LogP contribution in [0.3, 0.4) is 0 Å². The van der Waals surface area contributed by atoms with Gasteiger partial charge >= 0.3 is 0 Å². The zero-order valence-corrected chi connectivity index (χ0v) is 15.8. The molecule has 1 saturated heterocycles. The number of nitrogens with zero attached hydrogens (tertiary/aromatic N) is 4. The van der Waals surface area contributed by atoms with Gasteiger partial charge in [0, 0.05) is 56.4 Å². The first kappa shape index (κ1) is 18.1. The molecule has 1 aliphatic rings. The van der Waals surface area contributed by atoms with Gasteiger partial charge in [-0.15, -0.1) is 0 Å². The molecule has 2 amide bonds. The lowest BCUT2D eigenvalue weighted by Gasteiger charge is -2.22. The van der Waals surface area contributed by atoms with Crippen molar-refractivity contribution in [3.05, 3.63) is 60.4 Å². The Morgan fingerprint density at radius 2 is 1.75 bits per heavy atom. The quantitative estimate of drug-likeness (QED) is 0.692. The summed E-state index contributed by atoms with van der Waals surface area (Å²) in [4.78, 5) is 37.6. The highest BCUT2D eigenvalue weighted by molar-refractivity contribution is 6.07. The summed E-state index contributed by atoms with van der Waals surface area (Å²) in [6, 6.07) is 13.4. The molecule has 1 fully saturated rings. The van der Waals surface area contributed by atoms with Crippen LogP contribution in [0, 0.1) is 0 Å². The molecule has 0 aliphatic carbocycles. The molecule has 3 aromatic rings. The number of carbonyl (C=O) groups excluding carboxylic acids is 2. The molecule has 0 bridgehead atoms. The second kappa shape index (κ2) is 7.76. The van der Waals surface area contributed by atoms with Gasteiger partial charge in [-0.25, -0.2) is 4.98 Å². The summed E-state index contributed by atoms with van der Waals surface area (Å²) < 4.78 is 0. The first-order chi connectivity index (χ1) is 13.6. The van der Waals surface area contributed by atoms with Crippen LogP contribution in [0.5, 0.6) is 0 Å². The second-order valence-corrected chi connectivity index (χ2v) is 6.97. The SMILES string of the molecule is CC(=O)N1CCCN(C(=O)c2cc(-c3cccnc3)nc3ccccc23)CC1. The van der Waals surface area contributed by atoms with Crippen molar-refractivity contribution in [1.29, 1.82) is 0 Å². The third-order valence-corrected chi connectivity index (χ3v) is 5.13. The number of hydrogen-bond acceptors (Lipinski definition) is 4. The molecule has 0 radical (unpaired) electrons. The number of rotatable bonds is 2. The molecule has 2 aromatic heterocycles. The number of fused-ring (bicyclic) bond motifs is 1. The van der Waals surface area contributed by atoms with Crippen LogP contribution < -0.4 is 0 Å². The van der Waals surface area contributed by atoms with Gasteiger partial charge in [0.05, 0.1) is 16.8 Å². The zero-order valence-electron chi connectivity index (χ0n) is 15.8. The van der Waals surface area contributed by atoms with Gasteiger partial charge in [0.15, 0.2) is 0 Å². The minimum Gasteiger partial charge on any atom is -0.341 e. The maximum Gasteiger partial charge on any atom is 0.254 e. The third-order valence-electron chi connectivity index (χ3n) is 5.13. The molecule has 6 nitrogen and oxygen atoms in total. The summed E-state index contributed by atoms with van der Waals surface area (Å²) in [7, 11) is 0. The van der Waals surface area contributed by atoms with E-state index in [9.17, 15) is 9.59 Å². The smallest absolute Gasteiger partial charge is 0.254 e. The molecule has 3 heterocycles. The molecule has 1 aliphatic heterocycles. The number of pyridine rings is 2. The molecule has 1 aromatic carbocycles. The molecule has 6 heteroatoms. The van der Waals surface area contributed by atoms with Crippen molar-refractivity contribution in [2.24, 2.45) is 0 Å². The lowest BCUT2D eigenvalue weighted by Crippen LogP contribution is -2.36. The molecular formula is C22H22N4O2. The van der Waals surface area contributed by atoms with E-state index in [1.54, 1.807) is 24.2 Å². The van der Waals surface area contributed by atoms with E-state index in [-0.39, 0.29) is 11.8 Å². The van der Waals surface area contributed by atoms with Gasteiger partial charge in [-0.3, -0.25) is 14.6 Å². The topological polar surface area (TPSA) is 66.4 Å². The summed E-state index contributed by atoms with van der Waals surface area (Å²) >= 11 is 0. The summed E-state index contributed by atoms with van der Waals surface area (Å²) in [6.07, 6.45) is 4.25. The molecule has 0 spiro atoms. The number of carbonyl (C=O) groups is 2. The predicted molar refractivity (Wildman–Crippen MR) is 108 cm³/mol. The number of benzene rings is 1. The van der Waals surface area contributed by atoms with Crippen molar-refractivity contribution in [3.63, 3.8) is 0 Å². The number of amides is 2. The van der Waals surface area contributed by atoms with E-state index in [0.717, 1.165) is 28.6 Å². The van der Waals surface area contributed by atoms with Crippen LogP contribution in [0.4, 0.5) is 0 Å². The lowest BCUT2D eigenvalue weighted by atomic mass is 10.0. The van der Waals surface area contributed by atoms with E-state index in [1.165, 1.54) is 0 Å². The van der Waals surface area contributed by atoms with Crippen molar-refractivity contribution in [3.8, 4) is 11.3 Å². The third kappa shape index (κ3) is 3.58. The van der Waals surface area contributed by atoms with Crippen LogP contribution in [-0.4, -0.2) is 57.8 Å². The fourth-order valence-electron chi connectivity index (χ4n) is 3.62. The van der Waals surface area contributed by atoms with Crippen LogP contribution >= 0.6 is 0 Å². The van der Waals surface area contributed by atoms with E-state index in [0.29, 0.717) is 31.7 Å². The van der Waals surface area contributed by atoms with Gasteiger partial charge in [0.2, 0.25) is 5.91 Å². The molecular weight excluding hydrogens is 352 g/mol. The van der Waals surface area contributed by atoms with Gasteiger partial charge in [-0.2, -0.15) is 0 Å². The maximum absolute atomic E-state index is 13.4. The number of aromatic nitrogens is 2. The number of para-hydroxylation sites is 1. The van der Waals surface area contributed by atoms with Crippen molar-refractivity contribution in [2.75, 3.05) is 26.2 Å². The molecule has 4 rings (SSSR count). The Hall–Kier alpha value is -3.28. The average Bonchev–Trinajstić information content (AvgIpc) is 2.99. The van der Waals surface area contributed by atoms with Crippen molar-refractivity contribution in [2.45, 2.75) is 13.3 Å². The normalized spacial score (nSPS) is 14.8. The number of hydrogen-bond donors (Lipinski definition) is 0. The van der Waals surface area contributed by atoms with Gasteiger partial charge in [0.25, 0.3) is 5.91 Å². The van der Waals surface area contributed by atoms with Crippen LogP contribution in [0.1, 0.15) is 23.7 Å². The van der Waals surface area contributed by atoms with Gasteiger partial charge < -0.3 is 9.80 Å². The van der Waals surface area contributed by atoms with Crippen molar-refractivity contribution < 1.29 is 9.59 Å². The Morgan fingerprint density at radius 3 is 2.54 bits per heavy atom. The monoisotopic (exact) mass is 374 g/mol. The Labute approximate surface area is 163 Å². The minimum atomic E-state index is -0.0193. The fourth-order valence-corrected chi connectivity index (χ4v) is 3.62. The predicted octanol–water partition coefficient (Wildman–Crippen LogP) is 2.99. The van der Waals surface area contributed by atoms with E-state index in [1.807, 2.05) is 47.4 Å². The van der Waals surface area contributed by atoms with Crippen molar-refractivity contribution >= 4 is 22.7 Å². The van der Waals surface area contributed by atoms with Crippen LogP contribution in [0.25, 0.3) is 22.2 Å². The Morgan fingerprint density at radius 1 is 0.964 bits per heavy atom. The molecule has 0 unspecified atom stereocenters. The van der Waals surface area contributed by atoms with Gasteiger partial charge in [-0.05, 0) is 30.7 Å². The highest BCUT2D eigenvalue weighted by Crippen LogP contribution is 2.25. The van der Waals surface area contributed by atoms with E-state index < -0.39 is 0 Å². The average molecular weight is 374 g/mol. The highest BCUT2D eigenvalue weighted by Gasteiger charge is 2.23. The van der Waals surface area contributed by atoms with Crippen molar-refractivity contribution in [1.82, 2.24) is 19.8 Å². The molecule has 0 N–H and O–H groups in total. The molecule has 0 saturated carbocycles. The van der Waals surface area contributed by atoms with E-state index in [4.69, 9.17) is 4.98 Å². The summed E-state index contributed by atoms with van der Waals surface area (Å²) in [5.74, 6) is 0.0386. The molecule has 0 atom stereocenters. The van der Waals surface area contributed by atoms with Crippen LogP contribution in [0.2, 0.25) is 0 Å². The fraction of sp³-hybridized carbons (Fsp3) is 0.273. The van der Waals surface area contributed by atoms with Crippen LogP contribution in [-0.2, 0) is 4.79 Å². The highest BCUT2D eigenvalue weighted by atomic mass is 16.2. The standard InChI is InChI=1S/C22H22N4O2/c1-16(27)25-10-5-11-26(13-12-25)22(28)19-14-21(17-6-4-9-23-15-17)24-20-8-3-2-7-18(19)20/h2-4,6-9,14-15H,5,10-13H2,1H3. The first-order valence-electron chi connectivity index (χ1n) is 9.48. The van der Waals surface area contributed by atoms with Gasteiger partial charge in [0.1, 0.15) is 0 Å². The minimum absolute atomic E-state index is 0.0193. The van der Waals surface area contributed by atoms with Gasteiger partial charge in [-0.1, -0.05) is 18.2 Å². The zero-order chi connectivity index (χ0) is 19.5. The first-order valence-corrected chi connectivity index (χ1v) is 9.48. The largest absolute Gasteiger partial charge is 0.341 e. The molecule has 142 valence electrons. The second-order valence-electron chi connectivity index (χ2n) is 6.97. The maximum atomic E-state index is 13.4.